The first-order valence-corrected chi connectivity index (χ1v) is 13.5. The number of benzene rings is 3. The predicted octanol–water partition coefficient (Wildman–Crippen LogP) is 3.78. The molecule has 0 aromatic heterocycles. The van der Waals surface area contributed by atoms with Crippen LogP contribution in [0.4, 0.5) is 0 Å². The van der Waals surface area contributed by atoms with Gasteiger partial charge in [0, 0.05) is 26.2 Å². The van der Waals surface area contributed by atoms with Gasteiger partial charge in [0.1, 0.15) is 18.1 Å². The van der Waals surface area contributed by atoms with Crippen LogP contribution in [0.25, 0.3) is 0 Å². The van der Waals surface area contributed by atoms with E-state index in [1.807, 2.05) is 36.4 Å². The van der Waals surface area contributed by atoms with Crippen molar-refractivity contribution in [3.63, 3.8) is 0 Å². The molecular formula is C28H32N2O7S. The third-order valence-electron chi connectivity index (χ3n) is 6.61. The molecule has 10 heteroatoms. The van der Waals surface area contributed by atoms with Gasteiger partial charge in [0.25, 0.3) is 5.91 Å². The number of carbonyl (C=O) groups is 1. The number of hydrogen-bond acceptors (Lipinski definition) is 7. The monoisotopic (exact) mass is 540 g/mol. The van der Waals surface area contributed by atoms with Crippen molar-refractivity contribution in [1.82, 2.24) is 9.21 Å². The fourth-order valence-electron chi connectivity index (χ4n) is 4.44. The zero-order valence-corrected chi connectivity index (χ0v) is 22.9. The van der Waals surface area contributed by atoms with Crippen LogP contribution in [-0.2, 0) is 16.4 Å². The fourth-order valence-corrected chi connectivity index (χ4v) is 5.35. The molecule has 3 aromatic carbocycles. The quantitative estimate of drug-likeness (QED) is 0.408. The molecule has 9 nitrogen and oxygen atoms in total. The van der Waals surface area contributed by atoms with Gasteiger partial charge in [-0.25, -0.2) is 12.7 Å². The minimum atomic E-state index is -3.60. The molecule has 0 spiro atoms. The first kappa shape index (κ1) is 27.3. The molecule has 1 unspecified atom stereocenters. The van der Waals surface area contributed by atoms with Crippen LogP contribution in [0.15, 0.2) is 65.6 Å². The molecule has 3 aromatic rings. The number of rotatable bonds is 9. The van der Waals surface area contributed by atoms with Crippen molar-refractivity contribution in [2.45, 2.75) is 17.4 Å². The van der Waals surface area contributed by atoms with Gasteiger partial charge < -0.3 is 23.8 Å². The lowest BCUT2D eigenvalue weighted by Crippen LogP contribution is -2.42. The average molecular weight is 541 g/mol. The summed E-state index contributed by atoms with van der Waals surface area (Å²) in [7, 11) is 4.10. The molecule has 38 heavy (non-hydrogen) atoms. The standard InChI is InChI=1S/C28H32N2O7S/c1-29(2)38(32,33)23-12-6-19(7-13-23)28(31)30-15-14-20-16-26(35-4)27(36-5)17-24(20)25(30)18-37-22-10-8-21(34-3)9-11-22/h6-13,16-17,25H,14-15,18H2,1-5H3. The lowest BCUT2D eigenvalue weighted by molar-refractivity contribution is 0.0589. The van der Waals surface area contributed by atoms with Crippen molar-refractivity contribution in [3.05, 3.63) is 77.4 Å². The Hall–Kier alpha value is -3.76. The van der Waals surface area contributed by atoms with Gasteiger partial charge in [-0.15, -0.1) is 0 Å². The molecule has 0 fully saturated rings. The summed E-state index contributed by atoms with van der Waals surface area (Å²) in [5, 5.41) is 0. The number of carbonyl (C=O) groups excluding carboxylic acids is 1. The summed E-state index contributed by atoms with van der Waals surface area (Å²) in [5.74, 6) is 2.33. The molecule has 1 amide bonds. The van der Waals surface area contributed by atoms with E-state index in [9.17, 15) is 13.2 Å². The second-order valence-electron chi connectivity index (χ2n) is 8.97. The summed E-state index contributed by atoms with van der Waals surface area (Å²) in [5.41, 5.74) is 2.34. The molecule has 1 atom stereocenters. The lowest BCUT2D eigenvalue weighted by Gasteiger charge is -2.37. The van der Waals surface area contributed by atoms with E-state index in [-0.39, 0.29) is 17.4 Å². The number of nitrogens with zero attached hydrogens (tertiary/aromatic N) is 2. The zero-order valence-electron chi connectivity index (χ0n) is 22.1. The number of sulfonamides is 1. The Morgan fingerprint density at radius 3 is 2.08 bits per heavy atom. The van der Waals surface area contributed by atoms with Gasteiger partial charge in [-0.2, -0.15) is 0 Å². The van der Waals surface area contributed by atoms with Crippen LogP contribution in [0.5, 0.6) is 23.0 Å². The van der Waals surface area contributed by atoms with Crippen LogP contribution in [0, 0.1) is 0 Å². The van der Waals surface area contributed by atoms with Crippen LogP contribution in [0.2, 0.25) is 0 Å². The van der Waals surface area contributed by atoms with Crippen molar-refractivity contribution >= 4 is 15.9 Å². The van der Waals surface area contributed by atoms with Gasteiger partial charge in [-0.1, -0.05) is 0 Å². The molecule has 4 rings (SSSR count). The molecule has 1 aliphatic rings. The highest BCUT2D eigenvalue weighted by Gasteiger charge is 2.33. The largest absolute Gasteiger partial charge is 0.497 e. The van der Waals surface area contributed by atoms with Crippen molar-refractivity contribution in [3.8, 4) is 23.0 Å². The molecule has 0 N–H and O–H groups in total. The summed E-state index contributed by atoms with van der Waals surface area (Å²) in [6.45, 7) is 0.656. The summed E-state index contributed by atoms with van der Waals surface area (Å²) in [4.78, 5) is 15.6. The topological polar surface area (TPSA) is 94.6 Å². The van der Waals surface area contributed by atoms with Gasteiger partial charge in [0.15, 0.2) is 11.5 Å². The zero-order chi connectivity index (χ0) is 27.4. The van der Waals surface area contributed by atoms with E-state index in [1.165, 1.54) is 26.2 Å². The highest BCUT2D eigenvalue weighted by Crippen LogP contribution is 2.39. The van der Waals surface area contributed by atoms with E-state index >= 15 is 0 Å². The van der Waals surface area contributed by atoms with Crippen molar-refractivity contribution in [2.75, 3.05) is 48.6 Å². The Balaban J connectivity index is 1.67. The van der Waals surface area contributed by atoms with E-state index in [0.717, 1.165) is 15.4 Å². The second-order valence-corrected chi connectivity index (χ2v) is 11.1. The molecule has 0 aliphatic carbocycles. The smallest absolute Gasteiger partial charge is 0.254 e. The number of fused-ring (bicyclic) bond motifs is 1. The van der Waals surface area contributed by atoms with Gasteiger partial charge >= 0.3 is 0 Å². The Morgan fingerprint density at radius 2 is 1.50 bits per heavy atom. The van der Waals surface area contributed by atoms with Crippen LogP contribution in [0.1, 0.15) is 27.5 Å². The molecular weight excluding hydrogens is 508 g/mol. The van der Waals surface area contributed by atoms with Crippen LogP contribution in [-0.4, -0.2) is 72.1 Å². The van der Waals surface area contributed by atoms with E-state index in [2.05, 4.69) is 0 Å². The minimum absolute atomic E-state index is 0.124. The number of amides is 1. The Bertz CT molecular complexity index is 1390. The first-order chi connectivity index (χ1) is 18.2. The van der Waals surface area contributed by atoms with E-state index in [4.69, 9.17) is 18.9 Å². The Labute approximate surface area is 223 Å². The maximum Gasteiger partial charge on any atom is 0.254 e. The van der Waals surface area contributed by atoms with Crippen LogP contribution in [0.3, 0.4) is 0 Å². The highest BCUT2D eigenvalue weighted by atomic mass is 32.2. The first-order valence-electron chi connectivity index (χ1n) is 12.0. The van der Waals surface area contributed by atoms with E-state index < -0.39 is 16.1 Å². The number of ether oxygens (including phenoxy) is 4. The van der Waals surface area contributed by atoms with Gasteiger partial charge in [0.05, 0.1) is 32.3 Å². The fraction of sp³-hybridized carbons (Fsp3) is 0.321. The van der Waals surface area contributed by atoms with Gasteiger partial charge in [-0.3, -0.25) is 4.79 Å². The van der Waals surface area contributed by atoms with Gasteiger partial charge in [-0.05, 0) is 78.2 Å². The highest BCUT2D eigenvalue weighted by molar-refractivity contribution is 7.89. The molecule has 0 bridgehead atoms. The van der Waals surface area contributed by atoms with Gasteiger partial charge in [0.2, 0.25) is 10.0 Å². The number of methoxy groups -OCH3 is 3. The molecule has 1 heterocycles. The summed E-state index contributed by atoms with van der Waals surface area (Å²) < 4.78 is 48.4. The molecule has 0 saturated heterocycles. The molecule has 1 aliphatic heterocycles. The second kappa shape index (κ2) is 11.3. The SMILES string of the molecule is COc1ccc(OCC2c3cc(OC)c(OC)cc3CCN2C(=O)c2ccc(S(=O)(=O)N(C)C)cc2)cc1. The Kier molecular flexibility index (Phi) is 8.13. The minimum Gasteiger partial charge on any atom is -0.497 e. The van der Waals surface area contributed by atoms with Crippen LogP contribution < -0.4 is 18.9 Å². The average Bonchev–Trinajstić information content (AvgIpc) is 2.94. The van der Waals surface area contributed by atoms with Crippen molar-refractivity contribution < 1.29 is 32.2 Å². The van der Waals surface area contributed by atoms with E-state index in [1.54, 1.807) is 38.4 Å². The maximum atomic E-state index is 13.7. The van der Waals surface area contributed by atoms with Crippen molar-refractivity contribution in [1.29, 1.82) is 0 Å². The molecule has 202 valence electrons. The predicted molar refractivity (Wildman–Crippen MR) is 143 cm³/mol. The van der Waals surface area contributed by atoms with Crippen LogP contribution >= 0.6 is 0 Å². The molecule has 0 radical (unpaired) electrons. The number of hydrogen-bond donors (Lipinski definition) is 0. The summed E-state index contributed by atoms with van der Waals surface area (Å²) >= 11 is 0. The maximum absolute atomic E-state index is 13.7. The summed E-state index contributed by atoms with van der Waals surface area (Å²) in [6.07, 6.45) is 0.619. The third kappa shape index (κ3) is 5.41. The third-order valence-corrected chi connectivity index (χ3v) is 8.44. The lowest BCUT2D eigenvalue weighted by atomic mass is 9.91. The van der Waals surface area contributed by atoms with Crippen molar-refractivity contribution in [2.24, 2.45) is 0 Å². The normalized spacial score (nSPS) is 15.1. The molecule has 0 saturated carbocycles. The van der Waals surface area contributed by atoms with E-state index in [0.29, 0.717) is 41.5 Å². The summed E-state index contributed by atoms with van der Waals surface area (Å²) in [6, 6.07) is 16.7. The Morgan fingerprint density at radius 1 is 0.895 bits per heavy atom.